The van der Waals surface area contributed by atoms with Crippen molar-refractivity contribution in [3.63, 3.8) is 0 Å². The highest BCUT2D eigenvalue weighted by Crippen LogP contribution is 2.12. The SMILES string of the molecule is CCCCC(CNC(=O)OC(C)(C)C)NCC1CCOC1. The highest BCUT2D eigenvalue weighted by atomic mass is 16.6. The summed E-state index contributed by atoms with van der Waals surface area (Å²) < 4.78 is 10.7. The lowest BCUT2D eigenvalue weighted by atomic mass is 10.1. The summed E-state index contributed by atoms with van der Waals surface area (Å²) in [6.07, 6.45) is 4.19. The van der Waals surface area contributed by atoms with E-state index in [1.165, 1.54) is 0 Å². The second kappa shape index (κ2) is 9.26. The zero-order valence-electron chi connectivity index (χ0n) is 14.0. The molecule has 1 aliphatic heterocycles. The van der Waals surface area contributed by atoms with E-state index in [0.717, 1.165) is 45.4 Å². The van der Waals surface area contributed by atoms with Crippen molar-refractivity contribution in [2.24, 2.45) is 5.92 Å². The molecule has 1 amide bonds. The van der Waals surface area contributed by atoms with E-state index in [-0.39, 0.29) is 6.09 Å². The van der Waals surface area contributed by atoms with Crippen LogP contribution in [0.25, 0.3) is 0 Å². The van der Waals surface area contributed by atoms with Crippen LogP contribution in [0.15, 0.2) is 0 Å². The van der Waals surface area contributed by atoms with Gasteiger partial charge in [-0.25, -0.2) is 4.79 Å². The molecular weight excluding hydrogens is 268 g/mol. The molecule has 0 aromatic rings. The summed E-state index contributed by atoms with van der Waals surface area (Å²) in [6.45, 7) is 11.1. The molecule has 1 aliphatic rings. The lowest BCUT2D eigenvalue weighted by molar-refractivity contribution is 0.0521. The largest absolute Gasteiger partial charge is 0.444 e. The van der Waals surface area contributed by atoms with Gasteiger partial charge in [0.05, 0.1) is 6.61 Å². The molecule has 1 rings (SSSR count). The van der Waals surface area contributed by atoms with Crippen LogP contribution in [-0.4, -0.2) is 44.0 Å². The Labute approximate surface area is 129 Å². The van der Waals surface area contributed by atoms with E-state index in [1.807, 2.05) is 20.8 Å². The summed E-state index contributed by atoms with van der Waals surface area (Å²) in [7, 11) is 0. The van der Waals surface area contributed by atoms with Crippen molar-refractivity contribution in [2.75, 3.05) is 26.3 Å². The van der Waals surface area contributed by atoms with Gasteiger partial charge in [-0.05, 0) is 39.5 Å². The minimum absolute atomic E-state index is 0.304. The predicted octanol–water partition coefficient (Wildman–Crippen LogP) is 2.70. The molecule has 21 heavy (non-hydrogen) atoms. The van der Waals surface area contributed by atoms with Crippen LogP contribution >= 0.6 is 0 Å². The van der Waals surface area contributed by atoms with E-state index in [1.54, 1.807) is 0 Å². The molecule has 0 aromatic carbocycles. The lowest BCUT2D eigenvalue weighted by Crippen LogP contribution is -2.44. The second-order valence-corrected chi connectivity index (χ2v) is 6.86. The Hall–Kier alpha value is -0.810. The number of rotatable bonds is 8. The third-order valence-electron chi connectivity index (χ3n) is 3.52. The summed E-state index contributed by atoms with van der Waals surface area (Å²) in [5.74, 6) is 0.607. The van der Waals surface area contributed by atoms with Crippen LogP contribution < -0.4 is 10.6 Å². The van der Waals surface area contributed by atoms with Crippen molar-refractivity contribution in [3.05, 3.63) is 0 Å². The Morgan fingerprint density at radius 1 is 1.43 bits per heavy atom. The third-order valence-corrected chi connectivity index (χ3v) is 3.52. The molecular formula is C16H32N2O3. The summed E-state index contributed by atoms with van der Waals surface area (Å²) >= 11 is 0. The third kappa shape index (κ3) is 8.94. The van der Waals surface area contributed by atoms with Crippen molar-refractivity contribution in [1.29, 1.82) is 0 Å². The molecule has 5 heteroatoms. The fraction of sp³-hybridized carbons (Fsp3) is 0.938. The maximum Gasteiger partial charge on any atom is 0.407 e. The summed E-state index contributed by atoms with van der Waals surface area (Å²) in [6, 6.07) is 0.304. The van der Waals surface area contributed by atoms with Gasteiger partial charge in [0.15, 0.2) is 0 Å². The van der Waals surface area contributed by atoms with Gasteiger partial charge in [-0.15, -0.1) is 0 Å². The van der Waals surface area contributed by atoms with Gasteiger partial charge in [-0.2, -0.15) is 0 Å². The van der Waals surface area contributed by atoms with E-state index < -0.39 is 5.60 Å². The summed E-state index contributed by atoms with van der Waals surface area (Å²) in [5.41, 5.74) is -0.447. The van der Waals surface area contributed by atoms with Gasteiger partial charge in [0, 0.05) is 25.7 Å². The molecule has 0 saturated carbocycles. The highest BCUT2D eigenvalue weighted by Gasteiger charge is 2.19. The zero-order chi connectivity index (χ0) is 15.7. The van der Waals surface area contributed by atoms with Crippen molar-refractivity contribution in [1.82, 2.24) is 10.6 Å². The van der Waals surface area contributed by atoms with Crippen LogP contribution in [0.3, 0.4) is 0 Å². The summed E-state index contributed by atoms with van der Waals surface area (Å²) in [5, 5.41) is 6.43. The van der Waals surface area contributed by atoms with Crippen molar-refractivity contribution in [3.8, 4) is 0 Å². The fourth-order valence-electron chi connectivity index (χ4n) is 2.33. The average Bonchev–Trinajstić information content (AvgIpc) is 2.89. The Kier molecular flexibility index (Phi) is 8.04. The van der Waals surface area contributed by atoms with E-state index >= 15 is 0 Å². The first-order valence-electron chi connectivity index (χ1n) is 8.18. The van der Waals surface area contributed by atoms with Gasteiger partial charge in [-0.3, -0.25) is 0 Å². The zero-order valence-corrected chi connectivity index (χ0v) is 14.0. The van der Waals surface area contributed by atoms with E-state index in [9.17, 15) is 4.79 Å². The fourth-order valence-corrected chi connectivity index (χ4v) is 2.33. The molecule has 0 radical (unpaired) electrons. The molecule has 5 nitrogen and oxygen atoms in total. The molecule has 2 unspecified atom stereocenters. The Balaban J connectivity index is 2.29. The maximum atomic E-state index is 11.7. The van der Waals surface area contributed by atoms with Gasteiger partial charge in [0.2, 0.25) is 0 Å². The first-order valence-corrected chi connectivity index (χ1v) is 8.18. The second-order valence-electron chi connectivity index (χ2n) is 6.86. The summed E-state index contributed by atoms with van der Waals surface area (Å²) in [4.78, 5) is 11.7. The standard InChI is InChI=1S/C16H32N2O3/c1-5-6-7-14(17-10-13-8-9-20-12-13)11-18-15(19)21-16(2,3)4/h13-14,17H,5-12H2,1-4H3,(H,18,19). The molecule has 0 bridgehead atoms. The Morgan fingerprint density at radius 3 is 2.76 bits per heavy atom. The topological polar surface area (TPSA) is 59.6 Å². The van der Waals surface area contributed by atoms with Gasteiger partial charge in [0.1, 0.15) is 5.60 Å². The number of alkyl carbamates (subject to hydrolysis) is 1. The Bertz CT molecular complexity index is 296. The first-order chi connectivity index (χ1) is 9.90. The van der Waals surface area contributed by atoms with Crippen LogP contribution in [0, 0.1) is 5.92 Å². The smallest absolute Gasteiger partial charge is 0.407 e. The van der Waals surface area contributed by atoms with Crippen molar-refractivity contribution in [2.45, 2.75) is 65.0 Å². The molecule has 0 spiro atoms. The number of carbonyl (C=O) groups is 1. The van der Waals surface area contributed by atoms with Gasteiger partial charge >= 0.3 is 6.09 Å². The molecule has 124 valence electrons. The van der Waals surface area contributed by atoms with Crippen LogP contribution in [0.1, 0.15) is 53.4 Å². The van der Waals surface area contributed by atoms with Crippen LogP contribution in [0.5, 0.6) is 0 Å². The lowest BCUT2D eigenvalue weighted by Gasteiger charge is -2.23. The van der Waals surface area contributed by atoms with Crippen LogP contribution in [0.2, 0.25) is 0 Å². The first kappa shape index (κ1) is 18.2. The predicted molar refractivity (Wildman–Crippen MR) is 84.5 cm³/mol. The molecule has 0 aliphatic carbocycles. The van der Waals surface area contributed by atoms with Gasteiger partial charge < -0.3 is 20.1 Å². The van der Waals surface area contributed by atoms with E-state index in [2.05, 4.69) is 17.6 Å². The molecule has 1 heterocycles. The minimum atomic E-state index is -0.447. The number of hydrogen-bond donors (Lipinski definition) is 2. The molecule has 2 N–H and O–H groups in total. The minimum Gasteiger partial charge on any atom is -0.444 e. The molecule has 1 saturated heterocycles. The number of amides is 1. The number of ether oxygens (including phenoxy) is 2. The van der Waals surface area contributed by atoms with Crippen LogP contribution in [0.4, 0.5) is 4.79 Å². The maximum absolute atomic E-state index is 11.7. The molecule has 0 aromatic heterocycles. The molecule has 1 fully saturated rings. The van der Waals surface area contributed by atoms with E-state index in [4.69, 9.17) is 9.47 Å². The number of unbranched alkanes of at least 4 members (excludes halogenated alkanes) is 1. The monoisotopic (exact) mass is 300 g/mol. The Morgan fingerprint density at radius 2 is 2.19 bits per heavy atom. The van der Waals surface area contributed by atoms with Crippen molar-refractivity contribution >= 4 is 6.09 Å². The number of carbonyl (C=O) groups excluding carboxylic acids is 1. The normalized spacial score (nSPS) is 20.3. The quantitative estimate of drug-likeness (QED) is 0.723. The van der Waals surface area contributed by atoms with Gasteiger partial charge in [0.25, 0.3) is 0 Å². The molecule has 2 atom stereocenters. The van der Waals surface area contributed by atoms with E-state index in [0.29, 0.717) is 18.5 Å². The number of nitrogens with one attached hydrogen (secondary N) is 2. The average molecular weight is 300 g/mol. The van der Waals surface area contributed by atoms with Crippen LogP contribution in [-0.2, 0) is 9.47 Å². The highest BCUT2D eigenvalue weighted by molar-refractivity contribution is 5.67. The number of hydrogen-bond acceptors (Lipinski definition) is 4. The van der Waals surface area contributed by atoms with Crippen molar-refractivity contribution < 1.29 is 14.3 Å². The van der Waals surface area contributed by atoms with Gasteiger partial charge in [-0.1, -0.05) is 19.8 Å².